The number of hydrogen-bond donors (Lipinski definition) is 2. The SMILES string of the molecule is O=S(=O)(CC1CCCCN1)NCC1CCCCO1. The predicted octanol–water partition coefficient (Wildman–Crippen LogP) is 0.617. The third kappa shape index (κ3) is 4.84. The van der Waals surface area contributed by atoms with Gasteiger partial charge in [0.15, 0.2) is 0 Å². The van der Waals surface area contributed by atoms with Gasteiger partial charge in [0.1, 0.15) is 0 Å². The van der Waals surface area contributed by atoms with Gasteiger partial charge in [0.05, 0.1) is 11.9 Å². The van der Waals surface area contributed by atoms with E-state index in [0.717, 1.165) is 51.7 Å². The number of ether oxygens (including phenoxy) is 1. The fourth-order valence-corrected chi connectivity index (χ4v) is 3.95. The van der Waals surface area contributed by atoms with Gasteiger partial charge in [-0.15, -0.1) is 0 Å². The Bertz CT molecular complexity index is 333. The number of hydrogen-bond acceptors (Lipinski definition) is 4. The normalized spacial score (nSPS) is 30.2. The summed E-state index contributed by atoms with van der Waals surface area (Å²) in [6.45, 7) is 2.12. The zero-order valence-corrected chi connectivity index (χ0v) is 11.7. The Labute approximate surface area is 110 Å². The third-order valence-corrected chi connectivity index (χ3v) is 5.09. The molecule has 2 N–H and O–H groups in total. The minimum absolute atomic E-state index is 0.0628. The van der Waals surface area contributed by atoms with Crippen LogP contribution in [0.4, 0.5) is 0 Å². The molecule has 0 aromatic rings. The van der Waals surface area contributed by atoms with Gasteiger partial charge < -0.3 is 10.1 Å². The summed E-state index contributed by atoms with van der Waals surface area (Å²) in [5.74, 6) is 0.194. The molecule has 2 rings (SSSR count). The zero-order chi connectivity index (χ0) is 12.8. The lowest BCUT2D eigenvalue weighted by Crippen LogP contribution is -2.44. The summed E-state index contributed by atoms with van der Waals surface area (Å²) in [4.78, 5) is 0. The van der Waals surface area contributed by atoms with Crippen LogP contribution in [0.3, 0.4) is 0 Å². The second-order valence-electron chi connectivity index (χ2n) is 5.27. The Kier molecular flexibility index (Phi) is 5.41. The average molecular weight is 276 g/mol. The van der Waals surface area contributed by atoms with Gasteiger partial charge in [-0.1, -0.05) is 6.42 Å². The van der Waals surface area contributed by atoms with Crippen LogP contribution in [0.5, 0.6) is 0 Å². The van der Waals surface area contributed by atoms with Crippen molar-refractivity contribution in [3.8, 4) is 0 Å². The van der Waals surface area contributed by atoms with Crippen LogP contribution >= 0.6 is 0 Å². The summed E-state index contributed by atoms with van der Waals surface area (Å²) in [6, 6.07) is 0.114. The third-order valence-electron chi connectivity index (χ3n) is 3.64. The molecule has 5 nitrogen and oxygen atoms in total. The maximum atomic E-state index is 11.9. The zero-order valence-electron chi connectivity index (χ0n) is 10.9. The first-order valence-electron chi connectivity index (χ1n) is 6.98. The van der Waals surface area contributed by atoms with Crippen LogP contribution in [0.15, 0.2) is 0 Å². The van der Waals surface area contributed by atoms with Crippen molar-refractivity contribution in [2.24, 2.45) is 0 Å². The Balaban J connectivity index is 1.72. The summed E-state index contributed by atoms with van der Waals surface area (Å²) < 4.78 is 32.1. The molecule has 0 saturated carbocycles. The predicted molar refractivity (Wildman–Crippen MR) is 71.0 cm³/mol. The van der Waals surface area contributed by atoms with Gasteiger partial charge >= 0.3 is 0 Å². The molecule has 2 unspecified atom stereocenters. The molecule has 0 amide bonds. The van der Waals surface area contributed by atoms with Gasteiger partial charge in [-0.05, 0) is 38.6 Å². The molecule has 18 heavy (non-hydrogen) atoms. The monoisotopic (exact) mass is 276 g/mol. The van der Waals surface area contributed by atoms with Crippen LogP contribution in [-0.4, -0.2) is 46.0 Å². The second-order valence-corrected chi connectivity index (χ2v) is 7.12. The van der Waals surface area contributed by atoms with E-state index < -0.39 is 10.0 Å². The fourth-order valence-electron chi connectivity index (χ4n) is 2.58. The van der Waals surface area contributed by atoms with Crippen molar-refractivity contribution in [3.63, 3.8) is 0 Å². The Hall–Kier alpha value is -0.170. The lowest BCUT2D eigenvalue weighted by Gasteiger charge is -2.25. The molecule has 0 bridgehead atoms. The molecule has 2 aliphatic heterocycles. The van der Waals surface area contributed by atoms with E-state index in [1.807, 2.05) is 0 Å². The van der Waals surface area contributed by atoms with Crippen LogP contribution in [0.25, 0.3) is 0 Å². The molecule has 0 spiro atoms. The molecule has 2 fully saturated rings. The van der Waals surface area contributed by atoms with E-state index in [1.54, 1.807) is 0 Å². The molecule has 106 valence electrons. The van der Waals surface area contributed by atoms with E-state index in [-0.39, 0.29) is 17.9 Å². The highest BCUT2D eigenvalue weighted by atomic mass is 32.2. The first kappa shape index (κ1) is 14.2. The van der Waals surface area contributed by atoms with Gasteiger partial charge in [-0.3, -0.25) is 0 Å². The van der Waals surface area contributed by atoms with Crippen molar-refractivity contribution < 1.29 is 13.2 Å². The molecule has 6 heteroatoms. The number of nitrogens with one attached hydrogen (secondary N) is 2. The Morgan fingerprint density at radius 2 is 2.00 bits per heavy atom. The van der Waals surface area contributed by atoms with Crippen molar-refractivity contribution in [1.82, 2.24) is 10.0 Å². The molecular formula is C12H24N2O3S. The number of piperidine rings is 1. The second kappa shape index (κ2) is 6.84. The lowest BCUT2D eigenvalue weighted by molar-refractivity contribution is 0.0200. The van der Waals surface area contributed by atoms with Crippen LogP contribution in [-0.2, 0) is 14.8 Å². The minimum atomic E-state index is -3.17. The quantitative estimate of drug-likeness (QED) is 0.772. The molecule has 0 aromatic carbocycles. The molecule has 0 radical (unpaired) electrons. The Morgan fingerprint density at radius 1 is 1.17 bits per heavy atom. The highest BCUT2D eigenvalue weighted by Gasteiger charge is 2.22. The fraction of sp³-hybridized carbons (Fsp3) is 1.00. The first-order valence-corrected chi connectivity index (χ1v) is 8.63. The van der Waals surface area contributed by atoms with E-state index >= 15 is 0 Å². The smallest absolute Gasteiger partial charge is 0.213 e. The highest BCUT2D eigenvalue weighted by molar-refractivity contribution is 7.89. The molecule has 2 heterocycles. The molecule has 2 saturated heterocycles. The van der Waals surface area contributed by atoms with E-state index in [9.17, 15) is 8.42 Å². The largest absolute Gasteiger partial charge is 0.377 e. The topological polar surface area (TPSA) is 67.4 Å². The van der Waals surface area contributed by atoms with Gasteiger partial charge in [0.25, 0.3) is 0 Å². The molecule has 2 atom stereocenters. The first-order chi connectivity index (χ1) is 8.66. The van der Waals surface area contributed by atoms with E-state index in [0.29, 0.717) is 6.54 Å². The summed E-state index contributed by atoms with van der Waals surface area (Å²) in [5.41, 5.74) is 0. The van der Waals surface area contributed by atoms with Crippen LogP contribution < -0.4 is 10.0 Å². The average Bonchev–Trinajstić information content (AvgIpc) is 2.38. The maximum absolute atomic E-state index is 11.9. The van der Waals surface area contributed by atoms with Gasteiger partial charge in [-0.25, -0.2) is 13.1 Å². The van der Waals surface area contributed by atoms with Crippen molar-refractivity contribution in [2.75, 3.05) is 25.4 Å². The van der Waals surface area contributed by atoms with Crippen molar-refractivity contribution in [3.05, 3.63) is 0 Å². The van der Waals surface area contributed by atoms with Crippen LogP contribution in [0, 0.1) is 0 Å². The van der Waals surface area contributed by atoms with E-state index in [1.165, 1.54) is 0 Å². The number of rotatable bonds is 5. The summed E-state index contributed by atoms with van der Waals surface area (Å²) in [6.07, 6.45) is 6.49. The van der Waals surface area contributed by atoms with Crippen molar-refractivity contribution in [1.29, 1.82) is 0 Å². The van der Waals surface area contributed by atoms with Crippen molar-refractivity contribution in [2.45, 2.75) is 50.7 Å². The standard InChI is InChI=1S/C12H24N2O3S/c15-18(16,10-11-5-1-3-7-13-11)14-9-12-6-2-4-8-17-12/h11-14H,1-10H2. The summed E-state index contributed by atoms with van der Waals surface area (Å²) in [5, 5.41) is 3.26. The van der Waals surface area contributed by atoms with Crippen LogP contribution in [0.2, 0.25) is 0 Å². The summed E-state index contributed by atoms with van der Waals surface area (Å²) >= 11 is 0. The van der Waals surface area contributed by atoms with Gasteiger partial charge in [0.2, 0.25) is 10.0 Å². The maximum Gasteiger partial charge on any atom is 0.213 e. The van der Waals surface area contributed by atoms with Crippen molar-refractivity contribution >= 4 is 10.0 Å². The van der Waals surface area contributed by atoms with E-state index in [2.05, 4.69) is 10.0 Å². The molecule has 0 aliphatic carbocycles. The number of sulfonamides is 1. The Morgan fingerprint density at radius 3 is 2.67 bits per heavy atom. The molecule has 0 aromatic heterocycles. The van der Waals surface area contributed by atoms with E-state index in [4.69, 9.17) is 4.74 Å². The highest BCUT2D eigenvalue weighted by Crippen LogP contribution is 2.12. The minimum Gasteiger partial charge on any atom is -0.377 e. The lowest BCUT2D eigenvalue weighted by atomic mass is 10.1. The van der Waals surface area contributed by atoms with Gasteiger partial charge in [0, 0.05) is 19.2 Å². The van der Waals surface area contributed by atoms with Gasteiger partial charge in [-0.2, -0.15) is 0 Å². The molecular weight excluding hydrogens is 252 g/mol. The molecule has 2 aliphatic rings. The summed E-state index contributed by atoms with van der Waals surface area (Å²) in [7, 11) is -3.17. The van der Waals surface area contributed by atoms with Crippen LogP contribution in [0.1, 0.15) is 38.5 Å².